The third kappa shape index (κ3) is 3.42. The predicted octanol–water partition coefficient (Wildman–Crippen LogP) is 3.67. The summed E-state index contributed by atoms with van der Waals surface area (Å²) in [6.45, 7) is 1.97. The first kappa shape index (κ1) is 19.6. The van der Waals surface area contributed by atoms with E-state index in [1.54, 1.807) is 6.20 Å². The summed E-state index contributed by atoms with van der Waals surface area (Å²) in [4.78, 5) is 32.3. The van der Waals surface area contributed by atoms with Crippen molar-refractivity contribution >= 4 is 34.8 Å². The van der Waals surface area contributed by atoms with E-state index in [9.17, 15) is 14.0 Å². The van der Waals surface area contributed by atoms with Gasteiger partial charge in [0, 0.05) is 18.4 Å². The highest BCUT2D eigenvalue weighted by molar-refractivity contribution is 6.34. The molecule has 2 N–H and O–H groups in total. The van der Waals surface area contributed by atoms with E-state index in [1.807, 2.05) is 6.92 Å². The third-order valence-electron chi connectivity index (χ3n) is 5.74. The van der Waals surface area contributed by atoms with Crippen molar-refractivity contribution in [2.24, 2.45) is 10.5 Å². The number of carbonyl (C=O) groups excluding carboxylic acids is 2. The Bertz CT molecular complexity index is 967. The Morgan fingerprint density at radius 3 is 2.79 bits per heavy atom. The van der Waals surface area contributed by atoms with Crippen LogP contribution in [-0.2, 0) is 4.79 Å². The summed E-state index contributed by atoms with van der Waals surface area (Å²) in [5.41, 5.74) is 0.492. The fourth-order valence-corrected chi connectivity index (χ4v) is 4.46. The van der Waals surface area contributed by atoms with Gasteiger partial charge in [0.25, 0.3) is 11.8 Å². The van der Waals surface area contributed by atoms with Gasteiger partial charge in [-0.2, -0.15) is 10.1 Å². The van der Waals surface area contributed by atoms with E-state index in [2.05, 4.69) is 20.4 Å². The number of carbonyl (C=O) groups is 2. The van der Waals surface area contributed by atoms with Crippen LogP contribution < -0.4 is 10.3 Å². The van der Waals surface area contributed by atoms with E-state index in [0.29, 0.717) is 37.8 Å². The van der Waals surface area contributed by atoms with Crippen molar-refractivity contribution in [1.29, 1.82) is 0 Å². The molecule has 0 radical (unpaired) electrons. The number of nitrogens with zero attached hydrogens (tertiary/aromatic N) is 3. The number of nitrogens with one attached hydrogen (secondary N) is 2. The number of H-pyrrole nitrogens is 1. The monoisotopic (exact) mass is 417 g/mol. The van der Waals surface area contributed by atoms with Crippen molar-refractivity contribution in [3.63, 3.8) is 0 Å². The van der Waals surface area contributed by atoms with Crippen molar-refractivity contribution in [1.82, 2.24) is 15.3 Å². The number of hydrazone groups is 1. The van der Waals surface area contributed by atoms with Gasteiger partial charge in [0.15, 0.2) is 5.82 Å². The molecular weight excluding hydrogens is 397 g/mol. The zero-order chi connectivity index (χ0) is 20.6. The lowest BCUT2D eigenvalue weighted by Gasteiger charge is -2.36. The molecule has 1 fully saturated rings. The molecule has 1 aliphatic heterocycles. The molecule has 4 rings (SSSR count). The highest BCUT2D eigenvalue weighted by Gasteiger charge is 2.52. The van der Waals surface area contributed by atoms with Gasteiger partial charge in [0.05, 0.1) is 21.8 Å². The van der Waals surface area contributed by atoms with Crippen LogP contribution in [0.2, 0.25) is 5.02 Å². The number of rotatable bonds is 4. The quantitative estimate of drug-likeness (QED) is 0.795. The number of imidazole rings is 1. The second-order valence-corrected chi connectivity index (χ2v) is 7.79. The van der Waals surface area contributed by atoms with E-state index in [1.165, 1.54) is 29.4 Å². The van der Waals surface area contributed by atoms with Gasteiger partial charge in [-0.3, -0.25) is 9.59 Å². The molecule has 2 amide bonds. The number of hydrogen-bond acceptors (Lipinski definition) is 4. The highest BCUT2D eigenvalue weighted by Crippen LogP contribution is 2.46. The lowest BCUT2D eigenvalue weighted by atomic mass is 9.68. The fourth-order valence-electron chi connectivity index (χ4n) is 4.21. The standard InChI is InChI=1S/C20H21ClFN5O2/c1-2-16-20(19(29)27(26-16)15-4-3-12(22)11-14(15)21)7-5-13(6-8-20)25-18(28)17-23-9-10-24-17/h3-4,9-11,13H,2,5-8H2,1H3,(H,23,24)(H,25,28)/t13-,20-. The topological polar surface area (TPSA) is 90.4 Å². The van der Waals surface area contributed by atoms with Gasteiger partial charge in [-0.15, -0.1) is 0 Å². The van der Waals surface area contributed by atoms with Gasteiger partial charge in [-0.25, -0.2) is 9.37 Å². The maximum atomic E-state index is 13.4. The van der Waals surface area contributed by atoms with Crippen LogP contribution in [0.3, 0.4) is 0 Å². The number of anilines is 1. The van der Waals surface area contributed by atoms with Crippen LogP contribution >= 0.6 is 11.6 Å². The van der Waals surface area contributed by atoms with Crippen LogP contribution in [0.25, 0.3) is 0 Å². The largest absolute Gasteiger partial charge is 0.347 e. The number of benzene rings is 1. The van der Waals surface area contributed by atoms with E-state index in [-0.39, 0.29) is 28.7 Å². The molecule has 1 saturated carbocycles. The van der Waals surface area contributed by atoms with Crippen LogP contribution in [0, 0.1) is 11.2 Å². The van der Waals surface area contributed by atoms with Crippen molar-refractivity contribution in [2.75, 3.05) is 5.01 Å². The normalized spacial score (nSPS) is 24.1. The Balaban J connectivity index is 1.50. The zero-order valence-corrected chi connectivity index (χ0v) is 16.7. The molecule has 0 unspecified atom stereocenters. The van der Waals surface area contributed by atoms with Crippen LogP contribution in [0.5, 0.6) is 0 Å². The average molecular weight is 418 g/mol. The summed E-state index contributed by atoms with van der Waals surface area (Å²) in [5.74, 6) is -0.584. The minimum Gasteiger partial charge on any atom is -0.347 e. The second-order valence-electron chi connectivity index (χ2n) is 7.38. The summed E-state index contributed by atoms with van der Waals surface area (Å²) < 4.78 is 13.4. The molecular formula is C20H21ClFN5O2. The summed E-state index contributed by atoms with van der Waals surface area (Å²) in [6, 6.07) is 3.88. The van der Waals surface area contributed by atoms with Gasteiger partial charge in [0.1, 0.15) is 5.82 Å². The Labute approximate surface area is 172 Å². The predicted molar refractivity (Wildman–Crippen MR) is 107 cm³/mol. The minimum atomic E-state index is -0.696. The molecule has 1 aliphatic carbocycles. The van der Waals surface area contributed by atoms with Crippen LogP contribution in [0.15, 0.2) is 35.7 Å². The second kappa shape index (κ2) is 7.59. The molecule has 0 bridgehead atoms. The van der Waals surface area contributed by atoms with E-state index in [0.717, 1.165) is 5.71 Å². The Kier molecular flexibility index (Phi) is 5.12. The molecule has 1 aromatic carbocycles. The molecule has 152 valence electrons. The van der Waals surface area contributed by atoms with Crippen molar-refractivity contribution < 1.29 is 14.0 Å². The first-order valence-corrected chi connectivity index (χ1v) is 10.00. The van der Waals surface area contributed by atoms with Gasteiger partial charge in [-0.05, 0) is 50.3 Å². The summed E-state index contributed by atoms with van der Waals surface area (Å²) in [6.07, 6.45) is 6.23. The van der Waals surface area contributed by atoms with Gasteiger partial charge in [0.2, 0.25) is 0 Å². The maximum absolute atomic E-state index is 13.4. The molecule has 1 spiro atoms. The van der Waals surface area contributed by atoms with Crippen LogP contribution in [0.4, 0.5) is 10.1 Å². The van der Waals surface area contributed by atoms with Gasteiger partial charge in [-0.1, -0.05) is 18.5 Å². The van der Waals surface area contributed by atoms with Crippen LogP contribution in [0.1, 0.15) is 49.6 Å². The first-order valence-electron chi connectivity index (χ1n) is 9.62. The molecule has 2 heterocycles. The maximum Gasteiger partial charge on any atom is 0.287 e. The fraction of sp³-hybridized carbons (Fsp3) is 0.400. The molecule has 0 atom stereocenters. The van der Waals surface area contributed by atoms with Crippen LogP contribution in [-0.4, -0.2) is 33.5 Å². The Hall–Kier alpha value is -2.74. The lowest BCUT2D eigenvalue weighted by molar-refractivity contribution is -0.125. The number of amides is 2. The molecule has 2 aromatic rings. The number of halogens is 2. The van der Waals surface area contributed by atoms with Crippen molar-refractivity contribution in [2.45, 2.75) is 45.1 Å². The van der Waals surface area contributed by atoms with E-state index >= 15 is 0 Å². The molecule has 29 heavy (non-hydrogen) atoms. The summed E-state index contributed by atoms with van der Waals surface area (Å²) >= 11 is 6.16. The van der Waals surface area contributed by atoms with E-state index < -0.39 is 11.2 Å². The van der Waals surface area contributed by atoms with Gasteiger partial charge >= 0.3 is 0 Å². The minimum absolute atomic E-state index is 0.0346. The highest BCUT2D eigenvalue weighted by atomic mass is 35.5. The summed E-state index contributed by atoms with van der Waals surface area (Å²) in [5, 5.41) is 8.97. The Morgan fingerprint density at radius 1 is 1.41 bits per heavy atom. The lowest BCUT2D eigenvalue weighted by Crippen LogP contribution is -2.47. The Morgan fingerprint density at radius 2 is 2.17 bits per heavy atom. The van der Waals surface area contributed by atoms with E-state index in [4.69, 9.17) is 11.6 Å². The molecule has 9 heteroatoms. The van der Waals surface area contributed by atoms with Crippen molar-refractivity contribution in [3.05, 3.63) is 47.3 Å². The third-order valence-corrected chi connectivity index (χ3v) is 6.04. The van der Waals surface area contributed by atoms with Crippen molar-refractivity contribution in [3.8, 4) is 0 Å². The SMILES string of the molecule is CCC1=NN(c2ccc(F)cc2Cl)C(=O)[C@]12CC[C@H](NC(=O)c1ncc[nH]1)CC2. The smallest absolute Gasteiger partial charge is 0.287 e. The summed E-state index contributed by atoms with van der Waals surface area (Å²) in [7, 11) is 0. The average Bonchev–Trinajstić information content (AvgIpc) is 3.33. The number of aromatic nitrogens is 2. The number of hydrogen-bond donors (Lipinski definition) is 2. The number of aromatic amines is 1. The zero-order valence-electron chi connectivity index (χ0n) is 15.9. The molecule has 0 saturated heterocycles. The molecule has 1 aromatic heterocycles. The van der Waals surface area contributed by atoms with Gasteiger partial charge < -0.3 is 10.3 Å². The molecule has 7 nitrogen and oxygen atoms in total. The molecule has 2 aliphatic rings. The first-order chi connectivity index (χ1) is 13.9.